The molecule has 0 aliphatic carbocycles. The first kappa shape index (κ1) is 17.7. The molecule has 1 amide bonds. The molecule has 5 nitrogen and oxygen atoms in total. The van der Waals surface area contributed by atoms with Gasteiger partial charge in [-0.1, -0.05) is 18.2 Å². The predicted octanol–water partition coefficient (Wildman–Crippen LogP) is 2.86. The van der Waals surface area contributed by atoms with E-state index in [1.165, 1.54) is 0 Å². The van der Waals surface area contributed by atoms with E-state index in [-0.39, 0.29) is 12.5 Å². The van der Waals surface area contributed by atoms with Gasteiger partial charge in [0, 0.05) is 12.2 Å². The second-order valence-corrected chi connectivity index (χ2v) is 5.22. The Hall–Kier alpha value is -2.69. The van der Waals surface area contributed by atoms with E-state index in [0.29, 0.717) is 13.2 Å². The highest BCUT2D eigenvalue weighted by atomic mass is 16.5. The number of hydrogen-bond donors (Lipinski definition) is 2. The molecule has 0 bridgehead atoms. The second-order valence-electron chi connectivity index (χ2n) is 5.22. The average Bonchev–Trinajstić information content (AvgIpc) is 2.62. The molecule has 0 radical (unpaired) electrons. The summed E-state index contributed by atoms with van der Waals surface area (Å²) in [6.45, 7) is 3.40. The van der Waals surface area contributed by atoms with Gasteiger partial charge in [0.25, 0.3) is 0 Å². The van der Waals surface area contributed by atoms with Crippen molar-refractivity contribution in [3.05, 3.63) is 54.1 Å². The Morgan fingerprint density at radius 2 is 1.83 bits per heavy atom. The molecule has 2 N–H and O–H groups in total. The lowest BCUT2D eigenvalue weighted by Crippen LogP contribution is -2.31. The third-order valence-corrected chi connectivity index (χ3v) is 3.53. The van der Waals surface area contributed by atoms with Crippen LogP contribution in [-0.4, -0.2) is 32.7 Å². The zero-order valence-electron chi connectivity index (χ0n) is 14.2. The summed E-state index contributed by atoms with van der Waals surface area (Å²) in [5.41, 5.74) is 1.97. The smallest absolute Gasteiger partial charge is 0.239 e. The van der Waals surface area contributed by atoms with Crippen molar-refractivity contribution in [1.29, 1.82) is 0 Å². The van der Waals surface area contributed by atoms with Crippen LogP contribution in [0.3, 0.4) is 0 Å². The van der Waals surface area contributed by atoms with Gasteiger partial charge in [0.2, 0.25) is 5.91 Å². The summed E-state index contributed by atoms with van der Waals surface area (Å²) in [6, 6.07) is 15.4. The van der Waals surface area contributed by atoms with Gasteiger partial charge in [-0.15, -0.1) is 0 Å². The molecule has 0 aromatic heterocycles. The first-order chi connectivity index (χ1) is 11.7. The summed E-state index contributed by atoms with van der Waals surface area (Å²) in [5, 5.41) is 6.00. The molecule has 0 saturated heterocycles. The van der Waals surface area contributed by atoms with Crippen molar-refractivity contribution in [3.8, 4) is 11.5 Å². The van der Waals surface area contributed by atoms with E-state index in [0.717, 1.165) is 29.2 Å². The molecule has 0 fully saturated rings. The van der Waals surface area contributed by atoms with Crippen molar-refractivity contribution in [2.75, 3.05) is 32.1 Å². The maximum absolute atomic E-state index is 11.9. The van der Waals surface area contributed by atoms with Gasteiger partial charge in [0.1, 0.15) is 11.5 Å². The van der Waals surface area contributed by atoms with E-state index in [4.69, 9.17) is 9.47 Å². The number of carbonyl (C=O) groups is 1. The van der Waals surface area contributed by atoms with E-state index >= 15 is 0 Å². The highest BCUT2D eigenvalue weighted by Crippen LogP contribution is 2.17. The van der Waals surface area contributed by atoms with Crippen molar-refractivity contribution in [2.45, 2.75) is 13.3 Å². The number of anilines is 1. The molecule has 0 unspecified atom stereocenters. The average molecular weight is 328 g/mol. The Labute approximate surface area is 143 Å². The van der Waals surface area contributed by atoms with Gasteiger partial charge in [-0.3, -0.25) is 4.79 Å². The minimum atomic E-state index is -0.0428. The molecular formula is C19H24N2O3. The molecule has 128 valence electrons. The second kappa shape index (κ2) is 9.45. The standard InChI is InChI=1S/C19H24N2O3/c1-3-24-17-10-8-16(9-11-17)21-14-19(22)20-13-12-15-6-4-5-7-18(15)23-2/h4-11,21H,3,12-14H2,1-2H3,(H,20,22). The zero-order chi connectivity index (χ0) is 17.2. The summed E-state index contributed by atoms with van der Waals surface area (Å²) in [4.78, 5) is 11.9. The first-order valence-electron chi connectivity index (χ1n) is 8.08. The maximum atomic E-state index is 11.9. The van der Waals surface area contributed by atoms with Gasteiger partial charge < -0.3 is 20.1 Å². The molecule has 0 aliphatic rings. The molecular weight excluding hydrogens is 304 g/mol. The first-order valence-corrected chi connectivity index (χ1v) is 8.08. The molecule has 0 atom stereocenters. The van der Waals surface area contributed by atoms with Crippen LogP contribution < -0.4 is 20.1 Å². The quantitative estimate of drug-likeness (QED) is 0.743. The molecule has 2 aromatic carbocycles. The topological polar surface area (TPSA) is 59.6 Å². The van der Waals surface area contributed by atoms with Crippen molar-refractivity contribution in [3.63, 3.8) is 0 Å². The number of amides is 1. The van der Waals surface area contributed by atoms with Crippen molar-refractivity contribution >= 4 is 11.6 Å². The summed E-state index contributed by atoms with van der Waals surface area (Å²) < 4.78 is 10.7. The molecule has 24 heavy (non-hydrogen) atoms. The van der Waals surface area contributed by atoms with Crippen LogP contribution >= 0.6 is 0 Å². The molecule has 0 aliphatic heterocycles. The van der Waals surface area contributed by atoms with Crippen LogP contribution in [0.1, 0.15) is 12.5 Å². The van der Waals surface area contributed by atoms with E-state index in [2.05, 4.69) is 10.6 Å². The highest BCUT2D eigenvalue weighted by Gasteiger charge is 2.04. The molecule has 0 saturated carbocycles. The summed E-state index contributed by atoms with van der Waals surface area (Å²) in [6.07, 6.45) is 0.735. The Morgan fingerprint density at radius 3 is 2.54 bits per heavy atom. The van der Waals surface area contributed by atoms with Gasteiger partial charge in [-0.2, -0.15) is 0 Å². The van der Waals surface area contributed by atoms with Gasteiger partial charge in [0.15, 0.2) is 0 Å². The normalized spacial score (nSPS) is 10.1. The molecule has 0 spiro atoms. The van der Waals surface area contributed by atoms with E-state index < -0.39 is 0 Å². The number of nitrogens with one attached hydrogen (secondary N) is 2. The van der Waals surface area contributed by atoms with Crippen LogP contribution in [0.5, 0.6) is 11.5 Å². The van der Waals surface area contributed by atoms with Crippen LogP contribution in [0.25, 0.3) is 0 Å². The zero-order valence-corrected chi connectivity index (χ0v) is 14.2. The van der Waals surface area contributed by atoms with E-state index in [1.54, 1.807) is 7.11 Å². The van der Waals surface area contributed by atoms with Crippen molar-refractivity contribution in [1.82, 2.24) is 5.32 Å². The minimum Gasteiger partial charge on any atom is -0.496 e. The van der Waals surface area contributed by atoms with Gasteiger partial charge in [-0.25, -0.2) is 0 Å². The van der Waals surface area contributed by atoms with Crippen LogP contribution in [0.4, 0.5) is 5.69 Å². The molecule has 0 heterocycles. The van der Waals surface area contributed by atoms with Gasteiger partial charge >= 0.3 is 0 Å². The summed E-state index contributed by atoms with van der Waals surface area (Å²) in [7, 11) is 1.65. The third-order valence-electron chi connectivity index (χ3n) is 3.53. The number of para-hydroxylation sites is 1. The number of benzene rings is 2. The Bertz CT molecular complexity index is 641. The molecule has 2 aromatic rings. The highest BCUT2D eigenvalue weighted by molar-refractivity contribution is 5.80. The maximum Gasteiger partial charge on any atom is 0.239 e. The number of ether oxygens (including phenoxy) is 2. The van der Waals surface area contributed by atoms with Crippen LogP contribution in [0.2, 0.25) is 0 Å². The van der Waals surface area contributed by atoms with E-state index in [1.807, 2.05) is 55.5 Å². The Morgan fingerprint density at radius 1 is 1.08 bits per heavy atom. The van der Waals surface area contributed by atoms with Gasteiger partial charge in [-0.05, 0) is 49.2 Å². The van der Waals surface area contributed by atoms with Crippen LogP contribution in [0, 0.1) is 0 Å². The van der Waals surface area contributed by atoms with Crippen molar-refractivity contribution in [2.24, 2.45) is 0 Å². The fourth-order valence-electron chi connectivity index (χ4n) is 2.33. The lowest BCUT2D eigenvalue weighted by Gasteiger charge is -2.10. The lowest BCUT2D eigenvalue weighted by molar-refractivity contribution is -0.119. The molecule has 5 heteroatoms. The fourth-order valence-corrected chi connectivity index (χ4v) is 2.33. The SMILES string of the molecule is CCOc1ccc(NCC(=O)NCCc2ccccc2OC)cc1. The summed E-state index contributed by atoms with van der Waals surface area (Å²) >= 11 is 0. The van der Waals surface area contributed by atoms with E-state index in [9.17, 15) is 4.79 Å². The fraction of sp³-hybridized carbons (Fsp3) is 0.316. The van der Waals surface area contributed by atoms with Crippen LogP contribution in [-0.2, 0) is 11.2 Å². The van der Waals surface area contributed by atoms with Crippen LogP contribution in [0.15, 0.2) is 48.5 Å². The molecule has 2 rings (SSSR count). The Balaban J connectivity index is 1.71. The Kier molecular flexibility index (Phi) is 6.95. The van der Waals surface area contributed by atoms with Crippen molar-refractivity contribution < 1.29 is 14.3 Å². The monoisotopic (exact) mass is 328 g/mol. The third kappa shape index (κ3) is 5.50. The van der Waals surface area contributed by atoms with Gasteiger partial charge in [0.05, 0.1) is 20.3 Å². The lowest BCUT2D eigenvalue weighted by atomic mass is 10.1. The number of carbonyl (C=O) groups excluding carboxylic acids is 1. The predicted molar refractivity (Wildman–Crippen MR) is 95.8 cm³/mol. The largest absolute Gasteiger partial charge is 0.496 e. The number of methoxy groups -OCH3 is 1. The minimum absolute atomic E-state index is 0.0428. The summed E-state index contributed by atoms with van der Waals surface area (Å²) in [5.74, 6) is 1.63. The number of rotatable bonds is 9. The number of hydrogen-bond acceptors (Lipinski definition) is 4.